The van der Waals surface area contributed by atoms with E-state index in [4.69, 9.17) is 9.15 Å². The van der Waals surface area contributed by atoms with Gasteiger partial charge in [-0.3, -0.25) is 9.59 Å². The van der Waals surface area contributed by atoms with Crippen LogP contribution in [0, 0.1) is 5.82 Å². The van der Waals surface area contributed by atoms with Crippen molar-refractivity contribution in [2.24, 2.45) is 0 Å². The molecule has 0 saturated carbocycles. The molecule has 2 heterocycles. The summed E-state index contributed by atoms with van der Waals surface area (Å²) in [4.78, 5) is 28.1. The third-order valence-electron chi connectivity index (χ3n) is 4.08. The maximum absolute atomic E-state index is 13.3. The van der Waals surface area contributed by atoms with Crippen LogP contribution in [0.4, 0.5) is 4.39 Å². The van der Waals surface area contributed by atoms with Gasteiger partial charge in [-0.2, -0.15) is 0 Å². The highest BCUT2D eigenvalue weighted by molar-refractivity contribution is 5.95. The van der Waals surface area contributed by atoms with Crippen molar-refractivity contribution in [1.82, 2.24) is 9.80 Å². The zero-order valence-electron chi connectivity index (χ0n) is 13.9. The van der Waals surface area contributed by atoms with Gasteiger partial charge >= 0.3 is 0 Å². The number of halogens is 1. The summed E-state index contributed by atoms with van der Waals surface area (Å²) in [6.45, 7) is 1.91. The van der Waals surface area contributed by atoms with Crippen molar-refractivity contribution in [3.63, 3.8) is 0 Å². The molecule has 2 amide bonds. The quantitative estimate of drug-likeness (QED) is 0.851. The number of carbonyl (C=O) groups excluding carboxylic acids is 2. The fourth-order valence-electron chi connectivity index (χ4n) is 2.79. The van der Waals surface area contributed by atoms with Crippen LogP contribution in [0.2, 0.25) is 0 Å². The van der Waals surface area contributed by atoms with Gasteiger partial charge < -0.3 is 19.0 Å². The average molecular weight is 346 g/mol. The van der Waals surface area contributed by atoms with E-state index in [1.807, 2.05) is 0 Å². The molecule has 1 saturated heterocycles. The summed E-state index contributed by atoms with van der Waals surface area (Å²) in [7, 11) is 1.55. The average Bonchev–Trinajstić information content (AvgIpc) is 3.09. The third kappa shape index (κ3) is 3.88. The van der Waals surface area contributed by atoms with Crippen LogP contribution in [-0.2, 0) is 11.3 Å². The van der Waals surface area contributed by atoms with Gasteiger partial charge in [0.25, 0.3) is 11.8 Å². The molecule has 25 heavy (non-hydrogen) atoms. The Kier molecular flexibility index (Phi) is 5.14. The van der Waals surface area contributed by atoms with Crippen molar-refractivity contribution < 1.29 is 23.1 Å². The molecule has 132 valence electrons. The summed E-state index contributed by atoms with van der Waals surface area (Å²) in [5, 5.41) is 0. The second kappa shape index (κ2) is 7.48. The molecule has 2 aromatic rings. The van der Waals surface area contributed by atoms with Crippen molar-refractivity contribution in [2.45, 2.75) is 6.61 Å². The van der Waals surface area contributed by atoms with Crippen LogP contribution in [0.25, 0.3) is 0 Å². The molecular formula is C18H19FN2O4. The lowest BCUT2D eigenvalue weighted by atomic mass is 10.1. The number of hydrogen-bond donors (Lipinski definition) is 0. The summed E-state index contributed by atoms with van der Waals surface area (Å²) < 4.78 is 23.7. The molecule has 0 spiro atoms. The van der Waals surface area contributed by atoms with Crippen molar-refractivity contribution in [3.05, 3.63) is 59.3 Å². The Morgan fingerprint density at radius 1 is 1.08 bits per heavy atom. The van der Waals surface area contributed by atoms with Crippen molar-refractivity contribution in [2.75, 3.05) is 33.3 Å². The lowest BCUT2D eigenvalue weighted by molar-refractivity contribution is 0.0514. The number of amides is 2. The van der Waals surface area contributed by atoms with Gasteiger partial charge in [0.05, 0.1) is 0 Å². The number of benzene rings is 1. The zero-order valence-corrected chi connectivity index (χ0v) is 13.9. The summed E-state index contributed by atoms with van der Waals surface area (Å²) in [5.74, 6) is -0.0285. The van der Waals surface area contributed by atoms with E-state index in [2.05, 4.69) is 0 Å². The van der Waals surface area contributed by atoms with Crippen LogP contribution in [0.15, 0.2) is 40.8 Å². The van der Waals surface area contributed by atoms with Crippen LogP contribution in [0.5, 0.6) is 0 Å². The number of piperazine rings is 1. The van der Waals surface area contributed by atoms with E-state index < -0.39 is 5.82 Å². The molecule has 1 aromatic carbocycles. The van der Waals surface area contributed by atoms with Gasteiger partial charge in [0.2, 0.25) is 0 Å². The highest BCUT2D eigenvalue weighted by atomic mass is 19.1. The minimum atomic E-state index is -0.440. The first kappa shape index (κ1) is 17.2. The number of hydrogen-bond acceptors (Lipinski definition) is 4. The summed E-state index contributed by atoms with van der Waals surface area (Å²) in [5.41, 5.74) is 0.315. The first-order valence-corrected chi connectivity index (χ1v) is 8.00. The predicted molar refractivity (Wildman–Crippen MR) is 87.6 cm³/mol. The Balaban J connectivity index is 1.59. The topological polar surface area (TPSA) is 63.0 Å². The van der Waals surface area contributed by atoms with Crippen LogP contribution >= 0.6 is 0 Å². The van der Waals surface area contributed by atoms with Crippen molar-refractivity contribution in [3.8, 4) is 0 Å². The molecule has 6 nitrogen and oxygen atoms in total. The molecule has 0 N–H and O–H groups in total. The van der Waals surface area contributed by atoms with E-state index in [1.54, 1.807) is 35.1 Å². The molecule has 0 atom stereocenters. The number of carbonyl (C=O) groups is 2. The Morgan fingerprint density at radius 3 is 2.40 bits per heavy atom. The Bertz CT molecular complexity index is 766. The largest absolute Gasteiger partial charge is 0.453 e. The molecule has 0 bridgehead atoms. The maximum atomic E-state index is 13.3. The van der Waals surface area contributed by atoms with Gasteiger partial charge in [-0.25, -0.2) is 4.39 Å². The first-order chi connectivity index (χ1) is 12.1. The van der Waals surface area contributed by atoms with E-state index in [1.165, 1.54) is 18.2 Å². The lowest BCUT2D eigenvalue weighted by Gasteiger charge is -2.34. The Hall–Kier alpha value is -2.67. The molecule has 0 aliphatic carbocycles. The number of furan rings is 1. The summed E-state index contributed by atoms with van der Waals surface area (Å²) >= 11 is 0. The second-order valence-electron chi connectivity index (χ2n) is 5.79. The molecule has 1 fully saturated rings. The minimum Gasteiger partial charge on any atom is -0.453 e. The number of ether oxygens (including phenoxy) is 1. The van der Waals surface area contributed by atoms with Gasteiger partial charge in [0, 0.05) is 38.9 Å². The third-order valence-corrected chi connectivity index (χ3v) is 4.08. The van der Waals surface area contributed by atoms with Crippen LogP contribution in [0.3, 0.4) is 0 Å². The van der Waals surface area contributed by atoms with E-state index in [0.29, 0.717) is 44.1 Å². The number of methoxy groups -OCH3 is 1. The molecule has 0 radical (unpaired) electrons. The van der Waals surface area contributed by atoms with Gasteiger partial charge in [-0.1, -0.05) is 6.07 Å². The monoisotopic (exact) mass is 346 g/mol. The normalized spacial score (nSPS) is 14.6. The Labute approximate surface area is 144 Å². The van der Waals surface area contributed by atoms with Crippen molar-refractivity contribution >= 4 is 11.8 Å². The van der Waals surface area contributed by atoms with Crippen molar-refractivity contribution in [1.29, 1.82) is 0 Å². The minimum absolute atomic E-state index is 0.208. The summed E-state index contributed by atoms with van der Waals surface area (Å²) in [6, 6.07) is 8.95. The number of rotatable bonds is 4. The molecular weight excluding hydrogens is 327 g/mol. The van der Waals surface area contributed by atoms with E-state index in [9.17, 15) is 14.0 Å². The first-order valence-electron chi connectivity index (χ1n) is 8.00. The van der Waals surface area contributed by atoms with Gasteiger partial charge in [0.1, 0.15) is 18.2 Å². The predicted octanol–water partition coefficient (Wildman–Crippen LogP) is 2.16. The highest BCUT2D eigenvalue weighted by Gasteiger charge is 2.27. The number of nitrogens with zero attached hydrogens (tertiary/aromatic N) is 2. The highest BCUT2D eigenvalue weighted by Crippen LogP contribution is 2.15. The second-order valence-corrected chi connectivity index (χ2v) is 5.79. The maximum Gasteiger partial charge on any atom is 0.289 e. The van der Waals surface area contributed by atoms with Gasteiger partial charge in [-0.05, 0) is 30.3 Å². The fourth-order valence-corrected chi connectivity index (χ4v) is 2.79. The fraction of sp³-hybridized carbons (Fsp3) is 0.333. The smallest absolute Gasteiger partial charge is 0.289 e. The zero-order chi connectivity index (χ0) is 17.8. The molecule has 7 heteroatoms. The summed E-state index contributed by atoms with van der Waals surface area (Å²) in [6.07, 6.45) is 0. The molecule has 1 aliphatic heterocycles. The van der Waals surface area contributed by atoms with Gasteiger partial charge in [-0.15, -0.1) is 0 Å². The van der Waals surface area contributed by atoms with Gasteiger partial charge in [0.15, 0.2) is 5.76 Å². The van der Waals surface area contributed by atoms with E-state index in [-0.39, 0.29) is 17.6 Å². The molecule has 1 aromatic heterocycles. The van der Waals surface area contributed by atoms with Crippen LogP contribution in [0.1, 0.15) is 26.7 Å². The van der Waals surface area contributed by atoms with E-state index >= 15 is 0 Å². The van der Waals surface area contributed by atoms with Crippen LogP contribution in [-0.4, -0.2) is 54.9 Å². The van der Waals surface area contributed by atoms with Crippen LogP contribution < -0.4 is 0 Å². The lowest BCUT2D eigenvalue weighted by Crippen LogP contribution is -2.50. The molecule has 3 rings (SSSR count). The Morgan fingerprint density at radius 2 is 1.76 bits per heavy atom. The molecule has 1 aliphatic rings. The molecule has 0 unspecified atom stereocenters. The SMILES string of the molecule is COCc1ccc(C(=O)N2CCN(C(=O)c3cccc(F)c3)CC2)o1. The standard InChI is InChI=1S/C18H19FN2O4/c1-24-12-15-5-6-16(25-15)18(23)21-9-7-20(8-10-21)17(22)13-3-2-4-14(19)11-13/h2-6,11H,7-10,12H2,1H3. The van der Waals surface area contributed by atoms with E-state index in [0.717, 1.165) is 0 Å².